The Morgan fingerprint density at radius 3 is 2.68 bits per heavy atom. The van der Waals surface area contributed by atoms with Crippen LogP contribution in [0.3, 0.4) is 0 Å². The molecular weight excluding hydrogens is 309 g/mol. The fourth-order valence-electron chi connectivity index (χ4n) is 2.73. The largest absolute Gasteiger partial charge is 0.494 e. The summed E-state index contributed by atoms with van der Waals surface area (Å²) in [6.45, 7) is 1.72. The summed E-state index contributed by atoms with van der Waals surface area (Å²) >= 11 is 0. The first-order valence-corrected chi connectivity index (χ1v) is 8.89. The van der Waals surface area contributed by atoms with E-state index in [0.29, 0.717) is 19.8 Å². The molecule has 3 rings (SSSR count). The number of halogens is 1. The Bertz CT molecular complexity index is 639. The molecule has 1 saturated heterocycles. The van der Waals surface area contributed by atoms with Crippen LogP contribution < -0.4 is 4.74 Å². The average Bonchev–Trinajstić information content (AvgIpc) is 3.20. The van der Waals surface area contributed by atoms with E-state index in [1.165, 1.54) is 23.5 Å². The van der Waals surface area contributed by atoms with Gasteiger partial charge in [-0.2, -0.15) is 4.31 Å². The smallest absolute Gasteiger partial charge is 0.243 e. The summed E-state index contributed by atoms with van der Waals surface area (Å²) in [5, 5.41) is 0. The molecule has 1 aliphatic heterocycles. The van der Waals surface area contributed by atoms with Crippen LogP contribution in [0.25, 0.3) is 0 Å². The third-order valence-electron chi connectivity index (χ3n) is 4.15. The lowest BCUT2D eigenvalue weighted by Gasteiger charge is -2.24. The lowest BCUT2D eigenvalue weighted by Crippen LogP contribution is -2.37. The van der Waals surface area contributed by atoms with E-state index in [2.05, 4.69) is 0 Å². The zero-order chi connectivity index (χ0) is 15.7. The molecule has 0 unspecified atom stereocenters. The van der Waals surface area contributed by atoms with Crippen LogP contribution in [0.15, 0.2) is 23.1 Å². The van der Waals surface area contributed by atoms with Gasteiger partial charge >= 0.3 is 0 Å². The van der Waals surface area contributed by atoms with Gasteiger partial charge in [0.2, 0.25) is 10.0 Å². The van der Waals surface area contributed by atoms with Gasteiger partial charge in [0.05, 0.1) is 18.6 Å². The highest BCUT2D eigenvalue weighted by molar-refractivity contribution is 7.89. The molecule has 7 heteroatoms. The molecule has 2 aliphatic rings. The summed E-state index contributed by atoms with van der Waals surface area (Å²) in [5.41, 5.74) is 0. The maximum absolute atomic E-state index is 13.8. The average molecular weight is 329 g/mol. The van der Waals surface area contributed by atoms with Crippen molar-refractivity contribution in [1.82, 2.24) is 4.31 Å². The maximum atomic E-state index is 13.8. The molecule has 1 aliphatic carbocycles. The molecule has 1 saturated carbocycles. The molecule has 22 heavy (non-hydrogen) atoms. The molecule has 0 N–H and O–H groups in total. The molecule has 5 nitrogen and oxygen atoms in total. The molecule has 0 spiro atoms. The number of sulfonamides is 1. The van der Waals surface area contributed by atoms with Crippen molar-refractivity contribution in [1.29, 1.82) is 0 Å². The molecule has 1 heterocycles. The fourth-order valence-corrected chi connectivity index (χ4v) is 4.50. The Kier molecular flexibility index (Phi) is 4.38. The Morgan fingerprint density at radius 1 is 1.36 bits per heavy atom. The number of ether oxygens (including phenoxy) is 2. The van der Waals surface area contributed by atoms with Crippen molar-refractivity contribution in [2.45, 2.75) is 30.2 Å². The second-order valence-corrected chi connectivity index (χ2v) is 7.72. The minimum absolute atomic E-state index is 0.0170. The van der Waals surface area contributed by atoms with Gasteiger partial charge in [0, 0.05) is 19.2 Å². The van der Waals surface area contributed by atoms with E-state index in [-0.39, 0.29) is 22.6 Å². The summed E-state index contributed by atoms with van der Waals surface area (Å²) in [6.07, 6.45) is 2.60. The molecule has 1 aromatic rings. The predicted octanol–water partition coefficient (Wildman–Crippen LogP) is 2.02. The number of hydrogen-bond donors (Lipinski definition) is 0. The maximum Gasteiger partial charge on any atom is 0.243 e. The van der Waals surface area contributed by atoms with Crippen molar-refractivity contribution in [2.24, 2.45) is 5.92 Å². The van der Waals surface area contributed by atoms with Gasteiger partial charge in [-0.15, -0.1) is 0 Å². The standard InChI is InChI=1S/C15H20FNO4S/c1-20-15-5-4-13(8-14(15)16)22(18,19)17(12-2-3-12)9-11-6-7-21-10-11/h4-5,8,11-12H,2-3,6-7,9-10H2,1H3/t11-/m0/s1. The van der Waals surface area contributed by atoms with Crippen LogP contribution in [0, 0.1) is 11.7 Å². The van der Waals surface area contributed by atoms with Crippen molar-refractivity contribution in [2.75, 3.05) is 26.9 Å². The van der Waals surface area contributed by atoms with Crippen molar-refractivity contribution in [3.05, 3.63) is 24.0 Å². The third kappa shape index (κ3) is 3.11. The van der Waals surface area contributed by atoms with Crippen LogP contribution in [0.2, 0.25) is 0 Å². The number of rotatable bonds is 6. The lowest BCUT2D eigenvalue weighted by atomic mass is 10.1. The molecule has 0 aromatic heterocycles. The monoisotopic (exact) mass is 329 g/mol. The van der Waals surface area contributed by atoms with Gasteiger partial charge in [0.25, 0.3) is 0 Å². The van der Waals surface area contributed by atoms with Crippen molar-refractivity contribution < 1.29 is 22.3 Å². The molecule has 0 amide bonds. The molecule has 0 bridgehead atoms. The number of methoxy groups -OCH3 is 1. The van der Waals surface area contributed by atoms with Crippen LogP contribution >= 0.6 is 0 Å². The normalized spacial score (nSPS) is 22.2. The van der Waals surface area contributed by atoms with Gasteiger partial charge in [0.1, 0.15) is 0 Å². The van der Waals surface area contributed by atoms with Gasteiger partial charge in [-0.3, -0.25) is 0 Å². The second kappa shape index (κ2) is 6.14. The molecule has 1 aromatic carbocycles. The van der Waals surface area contributed by atoms with E-state index in [4.69, 9.17) is 9.47 Å². The summed E-state index contributed by atoms with van der Waals surface area (Å²) in [7, 11) is -2.34. The van der Waals surface area contributed by atoms with Crippen LogP contribution in [0.4, 0.5) is 4.39 Å². The van der Waals surface area contributed by atoms with Crippen LogP contribution in [-0.4, -0.2) is 45.6 Å². The van der Waals surface area contributed by atoms with Crippen LogP contribution in [-0.2, 0) is 14.8 Å². The van der Waals surface area contributed by atoms with E-state index in [0.717, 1.165) is 25.3 Å². The van der Waals surface area contributed by atoms with Gasteiger partial charge < -0.3 is 9.47 Å². The summed E-state index contributed by atoms with van der Waals surface area (Å²) in [6, 6.07) is 3.83. The number of hydrogen-bond acceptors (Lipinski definition) is 4. The summed E-state index contributed by atoms with van der Waals surface area (Å²) in [5.74, 6) is -0.400. The molecule has 122 valence electrons. The Hall–Kier alpha value is -1.18. The van der Waals surface area contributed by atoms with Gasteiger partial charge in [-0.05, 0) is 43.4 Å². The van der Waals surface area contributed by atoms with Gasteiger partial charge in [-0.25, -0.2) is 12.8 Å². The van der Waals surface area contributed by atoms with Gasteiger partial charge in [0.15, 0.2) is 11.6 Å². The molecule has 2 fully saturated rings. The van der Waals surface area contributed by atoms with E-state index < -0.39 is 15.8 Å². The number of nitrogens with zero attached hydrogens (tertiary/aromatic N) is 1. The van der Waals surface area contributed by atoms with Gasteiger partial charge in [-0.1, -0.05) is 0 Å². The van der Waals surface area contributed by atoms with E-state index in [1.807, 2.05) is 0 Å². The van der Waals surface area contributed by atoms with E-state index in [1.54, 1.807) is 0 Å². The topological polar surface area (TPSA) is 55.8 Å². The Labute approximate surface area is 130 Å². The lowest BCUT2D eigenvalue weighted by molar-refractivity contribution is 0.180. The quantitative estimate of drug-likeness (QED) is 0.801. The fraction of sp³-hybridized carbons (Fsp3) is 0.600. The molecule has 1 atom stereocenters. The first-order chi connectivity index (χ1) is 10.5. The highest BCUT2D eigenvalue weighted by atomic mass is 32.2. The first kappa shape index (κ1) is 15.7. The second-order valence-electron chi connectivity index (χ2n) is 5.83. The molecule has 0 radical (unpaired) electrons. The zero-order valence-corrected chi connectivity index (χ0v) is 13.3. The third-order valence-corrected chi connectivity index (χ3v) is 6.06. The SMILES string of the molecule is COc1ccc(S(=O)(=O)N(C[C@@H]2CCOC2)C2CC2)cc1F. The minimum atomic E-state index is -3.69. The minimum Gasteiger partial charge on any atom is -0.494 e. The molecular formula is C15H20FNO4S. The number of benzene rings is 1. The zero-order valence-electron chi connectivity index (χ0n) is 12.5. The Balaban J connectivity index is 1.86. The van der Waals surface area contributed by atoms with E-state index >= 15 is 0 Å². The highest BCUT2D eigenvalue weighted by Gasteiger charge is 2.40. The van der Waals surface area contributed by atoms with Crippen molar-refractivity contribution in [3.63, 3.8) is 0 Å². The van der Waals surface area contributed by atoms with Crippen LogP contribution in [0.5, 0.6) is 5.75 Å². The highest BCUT2D eigenvalue weighted by Crippen LogP contribution is 2.34. The first-order valence-electron chi connectivity index (χ1n) is 7.45. The van der Waals surface area contributed by atoms with Crippen LogP contribution in [0.1, 0.15) is 19.3 Å². The summed E-state index contributed by atoms with van der Waals surface area (Å²) in [4.78, 5) is -0.0170. The Morgan fingerprint density at radius 2 is 2.14 bits per heavy atom. The van der Waals surface area contributed by atoms with E-state index in [9.17, 15) is 12.8 Å². The summed E-state index contributed by atoms with van der Waals surface area (Å²) < 4.78 is 51.2. The van der Waals surface area contributed by atoms with Crippen molar-refractivity contribution in [3.8, 4) is 5.75 Å². The predicted molar refractivity (Wildman–Crippen MR) is 78.8 cm³/mol. The van der Waals surface area contributed by atoms with Crippen molar-refractivity contribution >= 4 is 10.0 Å².